The van der Waals surface area contributed by atoms with Crippen molar-refractivity contribution in [2.45, 2.75) is 5.51 Å². The first-order chi connectivity index (χ1) is 16.1. The average molecular weight is 484 g/mol. The molecule has 3 aromatic carbocycles. The van der Waals surface area contributed by atoms with Crippen LogP contribution in [0.25, 0.3) is 38.8 Å². The number of halogens is 3. The molecule has 0 saturated carbocycles. The van der Waals surface area contributed by atoms with E-state index in [9.17, 15) is 13.2 Å². The second kappa shape index (κ2) is 8.92. The molecule has 5 nitrogen and oxygen atoms in total. The Hall–Kier alpha value is -3.69. The molecule has 0 fully saturated rings. The molecule has 2 heterocycles. The molecule has 0 aliphatic heterocycles. The van der Waals surface area contributed by atoms with Gasteiger partial charge in [-0.1, -0.05) is 78.9 Å². The van der Waals surface area contributed by atoms with Gasteiger partial charge in [0.2, 0.25) is 0 Å². The van der Waals surface area contributed by atoms with Crippen molar-refractivity contribution in [3.05, 3.63) is 97.3 Å². The summed E-state index contributed by atoms with van der Waals surface area (Å²) in [6, 6.07) is 30.0. The molecule has 34 heavy (non-hydrogen) atoms. The number of hydrogen-bond acceptors (Lipinski definition) is 3. The predicted octanol–water partition coefficient (Wildman–Crippen LogP) is 5.30. The van der Waals surface area contributed by atoms with E-state index in [2.05, 4.69) is 113 Å². The first-order valence-corrected chi connectivity index (χ1v) is 11.5. The molecule has 5 aromatic rings. The van der Waals surface area contributed by atoms with Crippen molar-refractivity contribution in [3.63, 3.8) is 0 Å². The monoisotopic (exact) mass is 484 g/mol. The summed E-state index contributed by atoms with van der Waals surface area (Å²) in [7, 11) is -3.97. The molecule has 2 aromatic heterocycles. The second-order valence-corrected chi connectivity index (χ2v) is 8.87. The van der Waals surface area contributed by atoms with Crippen LogP contribution in [0.2, 0.25) is 0 Å². The minimum atomic E-state index is -6.09. The lowest BCUT2D eigenvalue weighted by molar-refractivity contribution is -0.644. The van der Waals surface area contributed by atoms with Crippen molar-refractivity contribution in [1.82, 2.24) is 4.40 Å². The third kappa shape index (κ3) is 4.40. The zero-order valence-corrected chi connectivity index (χ0v) is 18.7. The summed E-state index contributed by atoms with van der Waals surface area (Å²) >= 11 is 0. The fourth-order valence-electron chi connectivity index (χ4n) is 3.89. The first kappa shape index (κ1) is 23.5. The number of benzene rings is 3. The van der Waals surface area contributed by atoms with E-state index in [1.807, 2.05) is 0 Å². The number of aryl methyl sites for hydroxylation is 1. The van der Waals surface area contributed by atoms with Crippen LogP contribution in [-0.2, 0) is 17.2 Å². The van der Waals surface area contributed by atoms with Gasteiger partial charge in [0.25, 0.3) is 5.65 Å². The van der Waals surface area contributed by atoms with E-state index in [0.717, 1.165) is 0 Å². The van der Waals surface area contributed by atoms with Gasteiger partial charge in [0, 0.05) is 10.9 Å². The van der Waals surface area contributed by atoms with Crippen LogP contribution in [0.1, 0.15) is 0 Å². The Morgan fingerprint density at radius 3 is 1.79 bits per heavy atom. The van der Waals surface area contributed by atoms with Gasteiger partial charge in [-0.3, -0.25) is 0 Å². The SMILES string of the molecule is C[n+]1ccn2c3ccccc3c(-c3ccccc3)c(-c3ccccc3)c21.O=S(=O)([O-])C(F)(F)F. The minimum absolute atomic E-state index is 1.20. The number of nitrogens with zero attached hydrogens (tertiary/aromatic N) is 2. The molecular formula is C25H19F3N2O3S. The molecule has 0 unspecified atom stereocenters. The highest BCUT2D eigenvalue weighted by Gasteiger charge is 2.37. The van der Waals surface area contributed by atoms with Gasteiger partial charge in [-0.2, -0.15) is 17.6 Å². The number of aromatic nitrogens is 2. The highest BCUT2D eigenvalue weighted by atomic mass is 32.2. The van der Waals surface area contributed by atoms with Crippen LogP contribution >= 0.6 is 0 Å². The Bertz CT molecular complexity index is 1560. The van der Waals surface area contributed by atoms with E-state index in [-0.39, 0.29) is 0 Å². The van der Waals surface area contributed by atoms with Gasteiger partial charge in [0.05, 0.1) is 12.6 Å². The van der Waals surface area contributed by atoms with Crippen LogP contribution in [0.5, 0.6) is 0 Å². The largest absolute Gasteiger partial charge is 0.741 e. The van der Waals surface area contributed by atoms with Crippen LogP contribution in [0.15, 0.2) is 97.3 Å². The fourth-order valence-corrected chi connectivity index (χ4v) is 3.89. The topological polar surface area (TPSA) is 65.5 Å². The normalized spacial score (nSPS) is 11.9. The molecule has 5 rings (SSSR count). The number of para-hydroxylation sites is 1. The molecule has 0 spiro atoms. The number of hydrogen-bond donors (Lipinski definition) is 0. The van der Waals surface area contributed by atoms with Gasteiger partial charge in [0.15, 0.2) is 10.1 Å². The van der Waals surface area contributed by atoms with E-state index < -0.39 is 15.6 Å². The maximum atomic E-state index is 10.7. The number of imidazole rings is 1. The molecule has 0 radical (unpaired) electrons. The van der Waals surface area contributed by atoms with E-state index in [1.54, 1.807) is 0 Å². The van der Waals surface area contributed by atoms with Crippen LogP contribution in [-0.4, -0.2) is 22.9 Å². The first-order valence-electron chi connectivity index (χ1n) is 10.1. The molecule has 0 aliphatic carbocycles. The summed E-state index contributed by atoms with van der Waals surface area (Å²) in [6.07, 6.45) is 4.28. The summed E-state index contributed by atoms with van der Waals surface area (Å²) < 4.78 is 63.4. The van der Waals surface area contributed by atoms with Crippen LogP contribution < -0.4 is 4.57 Å². The lowest BCUT2D eigenvalue weighted by Crippen LogP contribution is -2.26. The zero-order valence-electron chi connectivity index (χ0n) is 17.9. The standard InChI is InChI=1S/C24H19N2.CHF3O3S/c1-25-16-17-26-21-15-9-8-14-20(21)22(18-10-4-2-5-11-18)23(24(25)26)19-12-6-3-7-13-19;2-1(3,4)8(5,6)7/h2-17H,1H3;(H,5,6,7)/q+1;/p-1. The molecular weight excluding hydrogens is 465 g/mol. The Kier molecular flexibility index (Phi) is 6.16. The van der Waals surface area contributed by atoms with Crippen molar-refractivity contribution in [2.75, 3.05) is 0 Å². The van der Waals surface area contributed by atoms with Gasteiger partial charge in [-0.05, 0) is 17.2 Å². The number of alkyl halides is 3. The number of rotatable bonds is 2. The Morgan fingerprint density at radius 1 is 0.794 bits per heavy atom. The van der Waals surface area contributed by atoms with Crippen molar-refractivity contribution in [2.24, 2.45) is 7.05 Å². The van der Waals surface area contributed by atoms with E-state index >= 15 is 0 Å². The third-order valence-electron chi connectivity index (χ3n) is 5.32. The fraction of sp³-hybridized carbons (Fsp3) is 0.0800. The third-order valence-corrected chi connectivity index (χ3v) is 5.88. The predicted molar refractivity (Wildman–Crippen MR) is 123 cm³/mol. The second-order valence-electron chi connectivity index (χ2n) is 7.50. The summed E-state index contributed by atoms with van der Waals surface area (Å²) in [4.78, 5) is 0. The summed E-state index contributed by atoms with van der Waals surface area (Å²) in [5.74, 6) is 0. The van der Waals surface area contributed by atoms with Gasteiger partial charge in [-0.25, -0.2) is 13.0 Å². The van der Waals surface area contributed by atoms with Crippen LogP contribution in [0.3, 0.4) is 0 Å². The van der Waals surface area contributed by atoms with E-state index in [0.29, 0.717) is 0 Å². The molecule has 0 bridgehead atoms. The van der Waals surface area contributed by atoms with Gasteiger partial charge in [-0.15, -0.1) is 0 Å². The maximum absolute atomic E-state index is 10.7. The van der Waals surface area contributed by atoms with Crippen molar-refractivity contribution < 1.29 is 30.7 Å². The smallest absolute Gasteiger partial charge is 0.485 e. The zero-order chi connectivity index (χ0) is 24.5. The average Bonchev–Trinajstić information content (AvgIpc) is 3.20. The number of pyridine rings is 1. The van der Waals surface area contributed by atoms with Crippen molar-refractivity contribution in [3.8, 4) is 22.3 Å². The molecule has 9 heteroatoms. The maximum Gasteiger partial charge on any atom is 0.485 e. The van der Waals surface area contributed by atoms with E-state index in [1.165, 1.54) is 38.8 Å². The molecule has 174 valence electrons. The molecule has 0 N–H and O–H groups in total. The minimum Gasteiger partial charge on any atom is -0.741 e. The van der Waals surface area contributed by atoms with Crippen LogP contribution in [0, 0.1) is 0 Å². The van der Waals surface area contributed by atoms with Gasteiger partial charge in [0.1, 0.15) is 17.9 Å². The summed E-state index contributed by atoms with van der Waals surface area (Å²) in [5, 5.41) is 1.27. The lowest BCUT2D eigenvalue weighted by Gasteiger charge is -2.13. The Labute approximate surface area is 194 Å². The lowest BCUT2D eigenvalue weighted by atomic mass is 9.92. The quantitative estimate of drug-likeness (QED) is 0.194. The summed E-state index contributed by atoms with van der Waals surface area (Å²) in [6.45, 7) is 0. The van der Waals surface area contributed by atoms with Crippen LogP contribution in [0.4, 0.5) is 13.2 Å². The molecule has 0 aliphatic rings. The molecule has 0 atom stereocenters. The molecule has 0 saturated heterocycles. The van der Waals surface area contributed by atoms with E-state index in [4.69, 9.17) is 13.0 Å². The number of fused-ring (bicyclic) bond motifs is 3. The highest BCUT2D eigenvalue weighted by molar-refractivity contribution is 7.86. The van der Waals surface area contributed by atoms with Gasteiger partial charge >= 0.3 is 5.51 Å². The van der Waals surface area contributed by atoms with Crippen molar-refractivity contribution in [1.29, 1.82) is 0 Å². The highest BCUT2D eigenvalue weighted by Crippen LogP contribution is 2.40. The Balaban J connectivity index is 0.000000297. The van der Waals surface area contributed by atoms with Gasteiger partial charge < -0.3 is 4.55 Å². The summed E-state index contributed by atoms with van der Waals surface area (Å²) in [5.41, 5.74) is 1.81. The molecule has 0 amide bonds. The van der Waals surface area contributed by atoms with Crippen molar-refractivity contribution >= 4 is 26.7 Å². The Morgan fingerprint density at radius 2 is 1.26 bits per heavy atom.